The van der Waals surface area contributed by atoms with Crippen molar-refractivity contribution in [2.45, 2.75) is 29.5 Å². The maximum absolute atomic E-state index is 14.2. The Bertz CT molecular complexity index is 2050. The predicted molar refractivity (Wildman–Crippen MR) is 188 cm³/mol. The predicted octanol–water partition coefficient (Wildman–Crippen LogP) is 6.07. The first-order valence-electron chi connectivity index (χ1n) is 16.0. The molecule has 13 heteroatoms. The van der Waals surface area contributed by atoms with Crippen LogP contribution in [0.2, 0.25) is 0 Å². The summed E-state index contributed by atoms with van der Waals surface area (Å²) >= 11 is 6.39. The van der Waals surface area contributed by atoms with Gasteiger partial charge in [0.05, 0.1) is 34.7 Å². The van der Waals surface area contributed by atoms with Crippen molar-refractivity contribution < 1.29 is 28.7 Å². The van der Waals surface area contributed by atoms with E-state index in [0.717, 1.165) is 37.7 Å². The fourth-order valence-electron chi connectivity index (χ4n) is 8.34. The van der Waals surface area contributed by atoms with E-state index in [1.807, 2.05) is 36.4 Å². The Labute approximate surface area is 297 Å². The number of nitrogens with zero attached hydrogens (tertiary/aromatic N) is 1. The summed E-state index contributed by atoms with van der Waals surface area (Å²) in [6.07, 6.45) is 0.726. The first-order valence-corrected chi connectivity index (χ1v) is 18.5. The average Bonchev–Trinajstić information content (AvgIpc) is 3.83. The average molecular weight is 761 g/mol. The second-order valence-corrected chi connectivity index (χ2v) is 15.7. The Morgan fingerprint density at radius 3 is 2.45 bits per heavy atom. The lowest BCUT2D eigenvalue weighted by molar-refractivity contribution is -0.123. The topological polar surface area (TPSA) is 135 Å². The first-order chi connectivity index (χ1) is 23.7. The van der Waals surface area contributed by atoms with Gasteiger partial charge in [0.15, 0.2) is 6.61 Å². The highest BCUT2D eigenvalue weighted by molar-refractivity contribution is 9.10. The molecule has 0 spiro atoms. The summed E-state index contributed by atoms with van der Waals surface area (Å²) in [6.45, 7) is 1.76. The quantitative estimate of drug-likeness (QED) is 0.163. The van der Waals surface area contributed by atoms with Gasteiger partial charge in [0.25, 0.3) is 5.91 Å². The molecule has 6 unspecified atom stereocenters. The number of halogens is 1. The highest BCUT2D eigenvalue weighted by Gasteiger charge is 2.70. The second kappa shape index (κ2) is 12.6. The molecule has 49 heavy (non-hydrogen) atoms. The van der Waals surface area contributed by atoms with Crippen LogP contribution in [0.3, 0.4) is 0 Å². The van der Waals surface area contributed by atoms with Crippen molar-refractivity contribution in [1.29, 1.82) is 0 Å². The van der Waals surface area contributed by atoms with Crippen LogP contribution in [0.4, 0.5) is 11.4 Å². The summed E-state index contributed by atoms with van der Waals surface area (Å²) in [7, 11) is 0. The van der Waals surface area contributed by atoms with E-state index in [4.69, 9.17) is 9.47 Å². The molecule has 2 aliphatic heterocycles. The van der Waals surface area contributed by atoms with Crippen molar-refractivity contribution in [3.05, 3.63) is 103 Å². The van der Waals surface area contributed by atoms with Crippen molar-refractivity contribution in [3.63, 3.8) is 0 Å². The first kappa shape index (κ1) is 32.0. The summed E-state index contributed by atoms with van der Waals surface area (Å²) < 4.78 is 12.1. The van der Waals surface area contributed by atoms with Crippen molar-refractivity contribution in [1.82, 2.24) is 4.98 Å². The number of amides is 3. The third kappa shape index (κ3) is 5.42. The van der Waals surface area contributed by atoms with E-state index in [1.54, 1.807) is 55.1 Å². The summed E-state index contributed by atoms with van der Waals surface area (Å²) in [5.41, 5.74) is 2.27. The number of carbonyl (C=O) groups is 4. The standard InChI is InChI=1S/C36H30BrN3O7S2/c1-2-46-35(44)17-8-11-20(12-9-17)40-33(42)28-22-15-23(29(28)34(40)43)30-27(22)26(31-32(48-30)39-36(45)49-31)21-14-18(37)10-13-24(21)47-16-25(41)38-19-6-4-3-5-7-19/h3-14,22-23,26-30H,2,15-16H2,1H3,(H,38,41)(H,39,45)/t22?,23?,26-,27?,28?,29?,30?/m1/s1. The van der Waals surface area contributed by atoms with Crippen LogP contribution < -0.4 is 19.8 Å². The van der Waals surface area contributed by atoms with Crippen molar-refractivity contribution >= 4 is 74.1 Å². The number of thiazole rings is 1. The minimum absolute atomic E-state index is 0.0231. The lowest BCUT2D eigenvalue weighted by atomic mass is 9.68. The zero-order valence-electron chi connectivity index (χ0n) is 26.1. The number of para-hydroxylation sites is 1. The molecule has 10 nitrogen and oxygen atoms in total. The molecule has 7 atom stereocenters. The Hall–Kier alpha value is -4.20. The number of aromatic amines is 1. The van der Waals surface area contributed by atoms with Gasteiger partial charge >= 0.3 is 10.8 Å². The van der Waals surface area contributed by atoms with E-state index in [1.165, 1.54) is 4.90 Å². The Morgan fingerprint density at radius 2 is 1.71 bits per heavy atom. The molecule has 1 aromatic heterocycles. The molecule has 3 amide bonds. The smallest absolute Gasteiger partial charge is 0.338 e. The molecule has 3 fully saturated rings. The molecule has 0 radical (unpaired) electrons. The number of fused-ring (bicyclic) bond motifs is 9. The SMILES string of the molecule is CCOC(=O)c1ccc(N2C(=O)C3C4CC(C3C2=O)C2C4Sc3[nH]c(=O)sc3[C@@H]2c2cc(Br)ccc2OCC(=O)Nc2ccccc2)cc1. The number of ether oxygens (including phenoxy) is 2. The van der Waals surface area contributed by atoms with Gasteiger partial charge in [-0.2, -0.15) is 0 Å². The Morgan fingerprint density at radius 1 is 0.980 bits per heavy atom. The largest absolute Gasteiger partial charge is 0.483 e. The molecule has 3 aromatic carbocycles. The van der Waals surface area contributed by atoms with Gasteiger partial charge in [0.1, 0.15) is 5.75 Å². The minimum Gasteiger partial charge on any atom is -0.483 e. The third-order valence-corrected chi connectivity index (χ3v) is 13.2. The van der Waals surface area contributed by atoms with Crippen LogP contribution in [0.5, 0.6) is 5.75 Å². The molecule has 3 heterocycles. The Kier molecular flexibility index (Phi) is 8.24. The number of rotatable bonds is 8. The fourth-order valence-corrected chi connectivity index (χ4v) is 11.6. The third-order valence-electron chi connectivity index (χ3n) is 10.1. The number of anilines is 2. The summed E-state index contributed by atoms with van der Waals surface area (Å²) in [5, 5.41) is 3.60. The molecule has 2 bridgehead atoms. The number of carbonyl (C=O) groups excluding carboxylic acids is 4. The van der Waals surface area contributed by atoms with Crippen LogP contribution in [-0.2, 0) is 19.1 Å². The summed E-state index contributed by atoms with van der Waals surface area (Å²) in [5.74, 6) is -2.22. The molecule has 2 saturated carbocycles. The number of H-pyrrole nitrogens is 1. The van der Waals surface area contributed by atoms with Crippen LogP contribution in [0.1, 0.15) is 40.1 Å². The van der Waals surface area contributed by atoms with Gasteiger partial charge in [0.2, 0.25) is 11.8 Å². The van der Waals surface area contributed by atoms with E-state index >= 15 is 0 Å². The van der Waals surface area contributed by atoms with E-state index in [2.05, 4.69) is 26.2 Å². The molecule has 2 N–H and O–H groups in total. The molecule has 4 aromatic rings. The van der Waals surface area contributed by atoms with Gasteiger partial charge in [0, 0.05) is 31.8 Å². The molecule has 250 valence electrons. The van der Waals surface area contributed by atoms with Crippen molar-refractivity contribution in [3.8, 4) is 5.75 Å². The molecule has 1 saturated heterocycles. The monoisotopic (exact) mass is 759 g/mol. The zero-order chi connectivity index (χ0) is 34.0. The van der Waals surface area contributed by atoms with Crippen LogP contribution in [-0.4, -0.2) is 47.1 Å². The number of esters is 1. The molecule has 2 aliphatic carbocycles. The van der Waals surface area contributed by atoms with E-state index in [0.29, 0.717) is 22.7 Å². The minimum atomic E-state index is -0.503. The number of nitrogens with one attached hydrogen (secondary N) is 2. The maximum Gasteiger partial charge on any atom is 0.338 e. The summed E-state index contributed by atoms with van der Waals surface area (Å²) in [4.78, 5) is 71.1. The van der Waals surface area contributed by atoms with Crippen molar-refractivity contribution in [2.75, 3.05) is 23.4 Å². The van der Waals surface area contributed by atoms with Gasteiger partial charge in [-0.3, -0.25) is 24.1 Å². The Balaban J connectivity index is 1.12. The van der Waals surface area contributed by atoms with Gasteiger partial charge in [-0.05, 0) is 85.7 Å². The highest BCUT2D eigenvalue weighted by Crippen LogP contribution is 2.69. The number of imide groups is 1. The van der Waals surface area contributed by atoms with Crippen molar-refractivity contribution in [2.24, 2.45) is 29.6 Å². The van der Waals surface area contributed by atoms with Gasteiger partial charge in [-0.15, -0.1) is 11.8 Å². The molecule has 4 aliphatic rings. The maximum atomic E-state index is 14.2. The van der Waals surface area contributed by atoms with E-state index in [-0.39, 0.29) is 64.7 Å². The van der Waals surface area contributed by atoms with Gasteiger partial charge in [-0.25, -0.2) is 4.79 Å². The fraction of sp³-hybridized carbons (Fsp3) is 0.306. The second-order valence-electron chi connectivity index (χ2n) is 12.6. The molecule has 8 rings (SSSR count). The lowest BCUT2D eigenvalue weighted by Gasteiger charge is -2.43. The highest BCUT2D eigenvalue weighted by atomic mass is 79.9. The number of aromatic nitrogens is 1. The van der Waals surface area contributed by atoms with E-state index in [9.17, 15) is 24.0 Å². The number of hydrogen-bond acceptors (Lipinski definition) is 9. The lowest BCUT2D eigenvalue weighted by Crippen LogP contribution is -2.42. The van der Waals surface area contributed by atoms with E-state index < -0.39 is 17.8 Å². The van der Waals surface area contributed by atoms with Gasteiger partial charge < -0.3 is 19.8 Å². The van der Waals surface area contributed by atoms with Gasteiger partial charge in [-0.1, -0.05) is 45.5 Å². The molecular formula is C36H30BrN3O7S2. The van der Waals surface area contributed by atoms with Crippen LogP contribution in [0.25, 0.3) is 0 Å². The van der Waals surface area contributed by atoms with Crippen LogP contribution in [0, 0.1) is 29.6 Å². The normalized spacial score (nSPS) is 26.2. The van der Waals surface area contributed by atoms with Crippen LogP contribution in [0.15, 0.2) is 87.1 Å². The number of benzene rings is 3. The van der Waals surface area contributed by atoms with Crippen LogP contribution >= 0.6 is 39.0 Å². The summed E-state index contributed by atoms with van der Waals surface area (Å²) in [6, 6.07) is 21.2. The zero-order valence-corrected chi connectivity index (χ0v) is 29.3. The molecular weight excluding hydrogens is 730 g/mol. The number of thioether (sulfide) groups is 1. The number of hydrogen-bond donors (Lipinski definition) is 2.